The fourth-order valence-electron chi connectivity index (χ4n) is 8.05. The lowest BCUT2D eigenvalue weighted by molar-refractivity contribution is 1.17. The number of rotatable bonds is 2. The van der Waals surface area contributed by atoms with Crippen LogP contribution in [0.5, 0.6) is 0 Å². The van der Waals surface area contributed by atoms with Crippen LogP contribution in [0.4, 0.5) is 17.1 Å². The van der Waals surface area contributed by atoms with E-state index in [2.05, 4.69) is 51.6 Å². The van der Waals surface area contributed by atoms with Crippen molar-refractivity contribution in [3.63, 3.8) is 0 Å². The SMILES string of the molecule is [2H]c1c([2H])c([2H])c(N2c3cccc4c3B(c3c([2H])c([2H])c([2H])c([2H])c32)c2cccc3c5ccc6c(c7ccccc7n6-c6ccccc6)c5n-4c23)c([2H])c1[2H]. The standard InChI is InChI=1S/C42H26BN3/c1-3-13-27(14-4-1)44-34-21-9-7-17-31(34)39-36(44)26-25-30-29-18-11-20-33-41(29)46(42(30)39)38-24-12-23-37-40(38)43(33)32-19-8-10-22-35(32)45(37)28-15-5-2-6-16-28/h1-26H/i2D,5D,6D,8D,10D,15D,16D,19D,22D. The maximum Gasteiger partial charge on any atom is 0.252 e. The molecule has 3 nitrogen and oxygen atoms in total. The highest BCUT2D eigenvalue weighted by molar-refractivity contribution is 7.00. The van der Waals surface area contributed by atoms with Crippen LogP contribution in [0.25, 0.3) is 55.0 Å². The Morgan fingerprint density at radius 2 is 1.20 bits per heavy atom. The average Bonchev–Trinajstić information content (AvgIpc) is 3.73. The second-order valence-electron chi connectivity index (χ2n) is 11.8. The Kier molecular flexibility index (Phi) is 3.34. The van der Waals surface area contributed by atoms with Crippen LogP contribution in [0.3, 0.4) is 0 Å². The molecule has 212 valence electrons. The Hall–Kier alpha value is -6.00. The van der Waals surface area contributed by atoms with E-state index in [-0.39, 0.29) is 28.9 Å². The van der Waals surface area contributed by atoms with Crippen LogP contribution in [0.2, 0.25) is 0 Å². The van der Waals surface area contributed by atoms with Crippen LogP contribution in [-0.4, -0.2) is 15.8 Å². The van der Waals surface area contributed by atoms with Crippen LogP contribution in [0.1, 0.15) is 12.3 Å². The summed E-state index contributed by atoms with van der Waals surface area (Å²) < 4.78 is 84.4. The van der Waals surface area contributed by atoms with Gasteiger partial charge < -0.3 is 14.0 Å². The van der Waals surface area contributed by atoms with Crippen molar-refractivity contribution in [1.82, 2.24) is 9.13 Å². The topological polar surface area (TPSA) is 13.1 Å². The number of aromatic nitrogens is 2. The fraction of sp³-hybridized carbons (Fsp3) is 0. The van der Waals surface area contributed by atoms with Crippen molar-refractivity contribution in [2.45, 2.75) is 0 Å². The predicted octanol–water partition coefficient (Wildman–Crippen LogP) is 8.49. The van der Waals surface area contributed by atoms with Crippen molar-refractivity contribution in [2.75, 3.05) is 4.90 Å². The molecule has 0 saturated carbocycles. The molecule has 2 aliphatic heterocycles. The molecule has 46 heavy (non-hydrogen) atoms. The third kappa shape index (κ3) is 2.94. The van der Waals surface area contributed by atoms with Gasteiger partial charge in [-0.2, -0.15) is 0 Å². The lowest BCUT2D eigenvalue weighted by Crippen LogP contribution is -2.60. The second kappa shape index (κ2) is 8.80. The summed E-state index contributed by atoms with van der Waals surface area (Å²) in [4.78, 5) is 1.47. The molecule has 0 bridgehead atoms. The summed E-state index contributed by atoms with van der Waals surface area (Å²) in [6.07, 6.45) is 0. The van der Waals surface area contributed by atoms with Gasteiger partial charge in [-0.3, -0.25) is 0 Å². The Morgan fingerprint density at radius 1 is 0.457 bits per heavy atom. The van der Waals surface area contributed by atoms with Crippen LogP contribution < -0.4 is 21.3 Å². The van der Waals surface area contributed by atoms with E-state index >= 15 is 0 Å². The Morgan fingerprint density at radius 3 is 2.11 bits per heavy atom. The lowest BCUT2D eigenvalue weighted by Gasteiger charge is -2.40. The van der Waals surface area contributed by atoms with Crippen molar-refractivity contribution in [3.05, 3.63) is 158 Å². The molecule has 0 aliphatic carbocycles. The molecule has 0 spiro atoms. The first-order chi connectivity index (χ1) is 26.6. The zero-order valence-electron chi connectivity index (χ0n) is 33.2. The third-order valence-corrected chi connectivity index (χ3v) is 9.69. The van der Waals surface area contributed by atoms with Crippen molar-refractivity contribution >= 4 is 83.8 Å². The highest BCUT2D eigenvalue weighted by atomic mass is 15.2. The molecule has 9 aromatic rings. The lowest BCUT2D eigenvalue weighted by atomic mass is 9.34. The maximum atomic E-state index is 9.40. The molecule has 0 amide bonds. The van der Waals surface area contributed by atoms with Gasteiger partial charge in [-0.05, 0) is 70.9 Å². The van der Waals surface area contributed by atoms with Crippen LogP contribution >= 0.6 is 0 Å². The summed E-state index contributed by atoms with van der Waals surface area (Å²) >= 11 is 0. The van der Waals surface area contributed by atoms with Gasteiger partial charge >= 0.3 is 0 Å². The molecule has 0 saturated heterocycles. The number of para-hydroxylation sites is 5. The maximum absolute atomic E-state index is 9.40. The molecule has 7 aromatic carbocycles. The average molecular weight is 593 g/mol. The second-order valence-corrected chi connectivity index (χ2v) is 11.8. The molecule has 11 rings (SSSR count). The van der Waals surface area contributed by atoms with Crippen LogP contribution in [0.15, 0.2) is 158 Å². The highest BCUT2D eigenvalue weighted by Gasteiger charge is 2.41. The molecule has 2 aromatic heterocycles. The van der Waals surface area contributed by atoms with Gasteiger partial charge in [0.15, 0.2) is 0 Å². The minimum atomic E-state index is -0.662. The highest BCUT2D eigenvalue weighted by Crippen LogP contribution is 2.44. The number of fused-ring (bicyclic) bond motifs is 11. The van der Waals surface area contributed by atoms with E-state index in [1.54, 1.807) is 0 Å². The number of hydrogen-bond acceptors (Lipinski definition) is 1. The van der Waals surface area contributed by atoms with Gasteiger partial charge in [0.25, 0.3) is 6.71 Å². The smallest absolute Gasteiger partial charge is 0.252 e. The van der Waals surface area contributed by atoms with Gasteiger partial charge in [-0.25, -0.2) is 0 Å². The van der Waals surface area contributed by atoms with Gasteiger partial charge in [0, 0.05) is 55.5 Å². The molecule has 4 heterocycles. The Labute approximate surface area is 278 Å². The van der Waals surface area contributed by atoms with Gasteiger partial charge in [0.2, 0.25) is 0 Å². The Balaban J connectivity index is 1.35. The zero-order valence-corrected chi connectivity index (χ0v) is 24.2. The van der Waals surface area contributed by atoms with Gasteiger partial charge in [-0.1, -0.05) is 103 Å². The zero-order chi connectivity index (χ0) is 37.8. The summed E-state index contributed by atoms with van der Waals surface area (Å²) in [7, 11) is 0. The molecular formula is C42H26BN3. The first-order valence-electron chi connectivity index (χ1n) is 19.8. The molecule has 0 unspecified atom stereocenters. The van der Waals surface area contributed by atoms with Crippen molar-refractivity contribution in [2.24, 2.45) is 0 Å². The predicted molar refractivity (Wildman–Crippen MR) is 194 cm³/mol. The quantitative estimate of drug-likeness (QED) is 0.184. The largest absolute Gasteiger partial charge is 0.311 e. The number of nitrogens with zero attached hydrogens (tertiary/aromatic N) is 3. The fourth-order valence-corrected chi connectivity index (χ4v) is 8.05. The number of anilines is 3. The molecule has 0 fully saturated rings. The van der Waals surface area contributed by atoms with E-state index in [4.69, 9.17) is 9.60 Å². The van der Waals surface area contributed by atoms with Crippen molar-refractivity contribution < 1.29 is 12.3 Å². The molecule has 0 radical (unpaired) electrons. The van der Waals surface area contributed by atoms with Gasteiger partial charge in [0.1, 0.15) is 0 Å². The monoisotopic (exact) mass is 592 g/mol. The minimum Gasteiger partial charge on any atom is -0.311 e. The van der Waals surface area contributed by atoms with Crippen LogP contribution in [0, 0.1) is 0 Å². The first kappa shape index (κ1) is 17.5. The molecule has 0 atom stereocenters. The van der Waals surface area contributed by atoms with Crippen molar-refractivity contribution in [1.29, 1.82) is 0 Å². The molecular weight excluding hydrogens is 557 g/mol. The number of benzene rings is 7. The van der Waals surface area contributed by atoms with E-state index in [0.29, 0.717) is 11.2 Å². The summed E-state index contributed by atoms with van der Waals surface area (Å²) in [5.74, 6) is 0. The van der Waals surface area contributed by atoms with Crippen molar-refractivity contribution in [3.8, 4) is 11.4 Å². The third-order valence-electron chi connectivity index (χ3n) is 9.69. The summed E-state index contributed by atoms with van der Waals surface area (Å²) in [5, 5.41) is 4.14. The molecule has 2 aliphatic rings. The van der Waals surface area contributed by atoms with E-state index in [1.807, 2.05) is 60.7 Å². The van der Waals surface area contributed by atoms with Gasteiger partial charge in [0.05, 0.1) is 28.9 Å². The van der Waals surface area contributed by atoms with E-state index in [0.717, 1.165) is 60.4 Å². The van der Waals surface area contributed by atoms with Gasteiger partial charge in [-0.15, -0.1) is 0 Å². The summed E-state index contributed by atoms with van der Waals surface area (Å²) in [6.45, 7) is -0.662. The molecule has 4 heteroatoms. The van der Waals surface area contributed by atoms with E-state index < -0.39 is 49.0 Å². The van der Waals surface area contributed by atoms with E-state index in [1.165, 1.54) is 4.90 Å². The van der Waals surface area contributed by atoms with E-state index in [9.17, 15) is 2.74 Å². The first-order valence-corrected chi connectivity index (χ1v) is 15.3. The normalized spacial score (nSPS) is 15.9. The minimum absolute atomic E-state index is 0.0640. The summed E-state index contributed by atoms with van der Waals surface area (Å²) in [6, 6.07) is 30.7. The summed E-state index contributed by atoms with van der Waals surface area (Å²) in [5.41, 5.74) is 7.99. The Bertz CT molecular complexity index is 3200. The number of hydrogen-bond donors (Lipinski definition) is 0. The van der Waals surface area contributed by atoms with Crippen LogP contribution in [-0.2, 0) is 0 Å². The molecule has 0 N–H and O–H groups in total.